The van der Waals surface area contributed by atoms with Crippen molar-refractivity contribution in [3.8, 4) is 17.2 Å². The quantitative estimate of drug-likeness (QED) is 0.774. The molecule has 1 aliphatic rings. The Bertz CT molecular complexity index is 936. The Balaban J connectivity index is 1.51. The first-order valence-corrected chi connectivity index (χ1v) is 8.09. The number of carbonyl (C=O) groups excluding carboxylic acids is 1. The Kier molecular flexibility index (Phi) is 3.80. The maximum absolute atomic E-state index is 12.7. The van der Waals surface area contributed by atoms with Gasteiger partial charge >= 0.3 is 0 Å². The average Bonchev–Trinajstić information content (AvgIpc) is 3.32. The molecular formula is C18H17N5O3. The van der Waals surface area contributed by atoms with Crippen molar-refractivity contribution in [1.82, 2.24) is 25.5 Å². The highest BCUT2D eigenvalue weighted by Gasteiger charge is 2.26. The van der Waals surface area contributed by atoms with Crippen LogP contribution in [0.5, 0.6) is 11.5 Å². The smallest absolute Gasteiger partial charge is 0.251 e. The Hall–Kier alpha value is -3.42. The zero-order chi connectivity index (χ0) is 18.1. The molecule has 1 amide bonds. The molecule has 0 aliphatic carbocycles. The van der Waals surface area contributed by atoms with Crippen LogP contribution in [-0.4, -0.2) is 32.9 Å². The molecule has 8 nitrogen and oxygen atoms in total. The van der Waals surface area contributed by atoms with Gasteiger partial charge in [-0.15, -0.1) is 5.10 Å². The topological polar surface area (TPSA) is 91.2 Å². The molecule has 0 spiro atoms. The third-order valence-corrected chi connectivity index (χ3v) is 4.26. The van der Waals surface area contributed by atoms with E-state index in [1.54, 1.807) is 24.3 Å². The van der Waals surface area contributed by atoms with Crippen LogP contribution in [0.2, 0.25) is 0 Å². The molecular weight excluding hydrogens is 334 g/mol. The number of carbonyl (C=O) groups is 1. The minimum atomic E-state index is -0.577. The minimum Gasteiger partial charge on any atom is -0.454 e. The highest BCUT2D eigenvalue weighted by Crippen LogP contribution is 2.35. The van der Waals surface area contributed by atoms with E-state index in [-0.39, 0.29) is 12.7 Å². The standard InChI is InChI=1S/C18H17N5O3/c1-18(2,13-5-8-15-16(9-13)26-11-25-15)20-17(24)12-3-6-14(7-4-12)23-10-19-21-22-23/h3-10H,11H2,1-2H3,(H,20,24). The van der Waals surface area contributed by atoms with Crippen molar-refractivity contribution < 1.29 is 14.3 Å². The van der Waals surface area contributed by atoms with Crippen LogP contribution in [0, 0.1) is 0 Å². The number of nitrogens with zero attached hydrogens (tertiary/aromatic N) is 4. The van der Waals surface area contributed by atoms with Crippen molar-refractivity contribution in [1.29, 1.82) is 0 Å². The van der Waals surface area contributed by atoms with Crippen LogP contribution in [0.1, 0.15) is 29.8 Å². The second-order valence-corrected chi connectivity index (χ2v) is 6.45. The zero-order valence-electron chi connectivity index (χ0n) is 14.3. The Morgan fingerprint density at radius 1 is 1.12 bits per heavy atom. The van der Waals surface area contributed by atoms with Gasteiger partial charge in [-0.25, -0.2) is 4.68 Å². The summed E-state index contributed by atoms with van der Waals surface area (Å²) in [5.74, 6) is 1.24. The van der Waals surface area contributed by atoms with Gasteiger partial charge in [0.25, 0.3) is 5.91 Å². The van der Waals surface area contributed by atoms with Crippen LogP contribution in [-0.2, 0) is 5.54 Å². The predicted molar refractivity (Wildman–Crippen MR) is 92.2 cm³/mol. The number of ether oxygens (including phenoxy) is 2. The molecule has 1 N–H and O–H groups in total. The molecule has 4 rings (SSSR count). The number of tetrazole rings is 1. The number of benzene rings is 2. The lowest BCUT2D eigenvalue weighted by Gasteiger charge is -2.27. The maximum atomic E-state index is 12.7. The van der Waals surface area contributed by atoms with Gasteiger partial charge in [0.15, 0.2) is 11.5 Å². The molecule has 132 valence electrons. The first-order valence-electron chi connectivity index (χ1n) is 8.09. The van der Waals surface area contributed by atoms with E-state index >= 15 is 0 Å². The third-order valence-electron chi connectivity index (χ3n) is 4.26. The van der Waals surface area contributed by atoms with E-state index in [4.69, 9.17) is 9.47 Å². The molecule has 0 saturated heterocycles. The van der Waals surface area contributed by atoms with E-state index in [9.17, 15) is 4.79 Å². The van der Waals surface area contributed by atoms with Crippen molar-refractivity contribution in [2.24, 2.45) is 0 Å². The van der Waals surface area contributed by atoms with E-state index in [1.807, 2.05) is 32.0 Å². The molecule has 3 aromatic rings. The second-order valence-electron chi connectivity index (χ2n) is 6.45. The molecule has 0 saturated carbocycles. The maximum Gasteiger partial charge on any atom is 0.251 e. The van der Waals surface area contributed by atoms with E-state index in [0.717, 1.165) is 11.3 Å². The number of rotatable bonds is 4. The van der Waals surface area contributed by atoms with E-state index < -0.39 is 5.54 Å². The van der Waals surface area contributed by atoms with Crippen LogP contribution in [0.4, 0.5) is 0 Å². The number of amides is 1. The molecule has 0 atom stereocenters. The van der Waals surface area contributed by atoms with Gasteiger partial charge in [-0.3, -0.25) is 4.79 Å². The molecule has 0 radical (unpaired) electrons. The lowest BCUT2D eigenvalue weighted by molar-refractivity contribution is 0.0912. The highest BCUT2D eigenvalue weighted by atomic mass is 16.7. The second kappa shape index (κ2) is 6.14. The molecule has 0 fully saturated rings. The van der Waals surface area contributed by atoms with Gasteiger partial charge in [0, 0.05) is 5.56 Å². The fourth-order valence-electron chi connectivity index (χ4n) is 2.76. The predicted octanol–water partition coefficient (Wildman–Crippen LogP) is 2.06. The average molecular weight is 351 g/mol. The summed E-state index contributed by atoms with van der Waals surface area (Å²) in [6.07, 6.45) is 1.50. The summed E-state index contributed by atoms with van der Waals surface area (Å²) in [6.45, 7) is 4.11. The van der Waals surface area contributed by atoms with E-state index in [1.165, 1.54) is 11.0 Å². The van der Waals surface area contributed by atoms with E-state index in [2.05, 4.69) is 20.8 Å². The summed E-state index contributed by atoms with van der Waals surface area (Å²) in [7, 11) is 0. The fourth-order valence-corrected chi connectivity index (χ4v) is 2.76. The van der Waals surface area contributed by atoms with Crippen LogP contribution in [0.25, 0.3) is 5.69 Å². The van der Waals surface area contributed by atoms with E-state index in [0.29, 0.717) is 17.1 Å². The Morgan fingerprint density at radius 3 is 2.62 bits per heavy atom. The summed E-state index contributed by atoms with van der Waals surface area (Å²) < 4.78 is 12.3. The van der Waals surface area contributed by atoms with Crippen molar-refractivity contribution in [2.75, 3.05) is 6.79 Å². The van der Waals surface area contributed by atoms with Gasteiger partial charge in [-0.1, -0.05) is 6.07 Å². The van der Waals surface area contributed by atoms with Gasteiger partial charge in [0.05, 0.1) is 11.2 Å². The number of fused-ring (bicyclic) bond motifs is 1. The molecule has 2 heterocycles. The molecule has 2 aromatic carbocycles. The van der Waals surface area contributed by atoms with Gasteiger partial charge in [0.1, 0.15) is 6.33 Å². The van der Waals surface area contributed by atoms with Crippen LogP contribution >= 0.6 is 0 Å². The number of hydrogen-bond acceptors (Lipinski definition) is 6. The summed E-state index contributed by atoms with van der Waals surface area (Å²) in [6, 6.07) is 12.7. The molecule has 1 aromatic heterocycles. The molecule has 26 heavy (non-hydrogen) atoms. The molecule has 0 bridgehead atoms. The number of hydrogen-bond donors (Lipinski definition) is 1. The van der Waals surface area contributed by atoms with Gasteiger partial charge in [-0.05, 0) is 66.2 Å². The Labute approximate surface area is 149 Å². The SMILES string of the molecule is CC(C)(NC(=O)c1ccc(-n2cnnn2)cc1)c1ccc2c(c1)OCO2. The normalized spacial score (nSPS) is 12.8. The summed E-state index contributed by atoms with van der Waals surface area (Å²) in [4.78, 5) is 12.7. The molecule has 0 unspecified atom stereocenters. The van der Waals surface area contributed by atoms with Gasteiger partial charge < -0.3 is 14.8 Å². The van der Waals surface area contributed by atoms with Crippen molar-refractivity contribution in [2.45, 2.75) is 19.4 Å². The van der Waals surface area contributed by atoms with Crippen molar-refractivity contribution in [3.05, 3.63) is 59.9 Å². The first-order chi connectivity index (χ1) is 12.5. The van der Waals surface area contributed by atoms with Gasteiger partial charge in [-0.2, -0.15) is 0 Å². The van der Waals surface area contributed by atoms with Crippen molar-refractivity contribution in [3.63, 3.8) is 0 Å². The molecule has 1 aliphatic heterocycles. The summed E-state index contributed by atoms with van der Waals surface area (Å²) in [5.41, 5.74) is 1.68. The number of aromatic nitrogens is 4. The zero-order valence-corrected chi connectivity index (χ0v) is 14.3. The monoisotopic (exact) mass is 351 g/mol. The largest absolute Gasteiger partial charge is 0.454 e. The lowest BCUT2D eigenvalue weighted by atomic mass is 9.93. The minimum absolute atomic E-state index is 0.170. The molecule has 8 heteroatoms. The highest BCUT2D eigenvalue weighted by molar-refractivity contribution is 5.94. The van der Waals surface area contributed by atoms with Crippen LogP contribution in [0.15, 0.2) is 48.8 Å². The number of nitrogens with one attached hydrogen (secondary N) is 1. The van der Waals surface area contributed by atoms with Crippen LogP contribution in [0.3, 0.4) is 0 Å². The summed E-state index contributed by atoms with van der Waals surface area (Å²) >= 11 is 0. The third kappa shape index (κ3) is 2.97. The van der Waals surface area contributed by atoms with Gasteiger partial charge in [0.2, 0.25) is 6.79 Å². The lowest BCUT2D eigenvalue weighted by Crippen LogP contribution is -2.40. The summed E-state index contributed by atoms with van der Waals surface area (Å²) in [5, 5.41) is 14.1. The Morgan fingerprint density at radius 2 is 1.88 bits per heavy atom. The first kappa shape index (κ1) is 16.1. The fraction of sp³-hybridized carbons (Fsp3) is 0.222. The van der Waals surface area contributed by atoms with Crippen LogP contribution < -0.4 is 14.8 Å². The van der Waals surface area contributed by atoms with Crippen molar-refractivity contribution >= 4 is 5.91 Å².